The summed E-state index contributed by atoms with van der Waals surface area (Å²) in [5.41, 5.74) is 0. The van der Waals surface area contributed by atoms with Gasteiger partial charge in [0.2, 0.25) is 0 Å². The summed E-state index contributed by atoms with van der Waals surface area (Å²) >= 11 is 0.860. The average Bonchev–Trinajstić information content (AvgIpc) is 2.95. The molecule has 0 aliphatic heterocycles. The van der Waals surface area contributed by atoms with Crippen LogP contribution in [0.4, 0.5) is 0 Å². The van der Waals surface area contributed by atoms with Gasteiger partial charge in [0.25, 0.3) is 5.78 Å². The van der Waals surface area contributed by atoms with Gasteiger partial charge in [-0.2, -0.15) is 0 Å². The van der Waals surface area contributed by atoms with Crippen molar-refractivity contribution in [3.8, 4) is 0 Å². The maximum Gasteiger partial charge on any atom is 0.380 e. The Morgan fingerprint density at radius 3 is 2.36 bits per heavy atom. The molecule has 0 radical (unpaired) electrons. The molecule has 2 atom stereocenters. The summed E-state index contributed by atoms with van der Waals surface area (Å²) in [6.07, 6.45) is -3.07. The molecule has 0 saturated carbocycles. The maximum atomic E-state index is 11.7. The number of hydrogen-bond acceptors (Lipinski definition) is 8. The van der Waals surface area contributed by atoms with Crippen molar-refractivity contribution in [2.75, 3.05) is 13.2 Å². The molecule has 1 aromatic heterocycles. The number of aliphatic hydroxyl groups excluding tert-OH is 2. The number of aliphatic hydroxyl groups is 2. The number of Topliss-reactive ketones (excluding diaryl/α,β-unsaturated/α-hetero) is 1. The van der Waals surface area contributed by atoms with Crippen molar-refractivity contribution in [3.05, 3.63) is 21.9 Å². The number of ketones is 1. The Balaban J connectivity index is 2.72. The zero-order valence-corrected chi connectivity index (χ0v) is 13.1. The zero-order valence-electron chi connectivity index (χ0n) is 12.3. The van der Waals surface area contributed by atoms with Crippen molar-refractivity contribution in [1.29, 1.82) is 0 Å². The second kappa shape index (κ2) is 8.62. The van der Waals surface area contributed by atoms with Crippen molar-refractivity contribution in [2.24, 2.45) is 0 Å². The van der Waals surface area contributed by atoms with Crippen LogP contribution < -0.4 is 0 Å². The summed E-state index contributed by atoms with van der Waals surface area (Å²) in [7, 11) is 0. The summed E-state index contributed by atoms with van der Waals surface area (Å²) in [6.45, 7) is 3.48. The first kappa shape index (κ1) is 18.3. The van der Waals surface area contributed by atoms with Crippen LogP contribution in [0.3, 0.4) is 0 Å². The first-order valence-electron chi connectivity index (χ1n) is 6.73. The van der Waals surface area contributed by atoms with E-state index in [2.05, 4.69) is 9.47 Å². The predicted molar refractivity (Wildman–Crippen MR) is 77.5 cm³/mol. The van der Waals surface area contributed by atoms with Crippen LogP contribution >= 0.6 is 11.3 Å². The van der Waals surface area contributed by atoms with Gasteiger partial charge in [-0.05, 0) is 26.0 Å². The van der Waals surface area contributed by atoms with Crippen LogP contribution in [-0.2, 0) is 19.1 Å². The SMILES string of the molecule is CCOC(=O)CC(O)C(O)c1ccc(C(=O)C(=O)OCC)s1. The van der Waals surface area contributed by atoms with Gasteiger partial charge >= 0.3 is 11.9 Å². The molecule has 0 saturated heterocycles. The second-order valence-electron chi connectivity index (χ2n) is 4.27. The molecule has 8 heteroatoms. The minimum absolute atomic E-state index is 0.0870. The van der Waals surface area contributed by atoms with Crippen LogP contribution in [-0.4, -0.2) is 47.3 Å². The Bertz CT molecular complexity index is 537. The highest BCUT2D eigenvalue weighted by atomic mass is 32.1. The third-order valence-corrected chi connectivity index (χ3v) is 3.80. The molecule has 0 spiro atoms. The Kier molecular flexibility index (Phi) is 7.16. The Hall–Kier alpha value is -1.77. The van der Waals surface area contributed by atoms with Crippen LogP contribution in [0.25, 0.3) is 0 Å². The number of carbonyl (C=O) groups excluding carboxylic acids is 3. The predicted octanol–water partition coefficient (Wildman–Crippen LogP) is 0.841. The van der Waals surface area contributed by atoms with Crippen LogP contribution in [0.5, 0.6) is 0 Å². The zero-order chi connectivity index (χ0) is 16.7. The largest absolute Gasteiger partial charge is 0.466 e. The van der Waals surface area contributed by atoms with Crippen molar-refractivity contribution in [1.82, 2.24) is 0 Å². The Morgan fingerprint density at radius 2 is 1.77 bits per heavy atom. The lowest BCUT2D eigenvalue weighted by Crippen LogP contribution is -2.22. The van der Waals surface area contributed by atoms with E-state index in [0.29, 0.717) is 0 Å². The van der Waals surface area contributed by atoms with E-state index < -0.39 is 29.9 Å². The Labute approximate surface area is 131 Å². The number of esters is 2. The summed E-state index contributed by atoms with van der Waals surface area (Å²) < 4.78 is 9.28. The van der Waals surface area contributed by atoms with Gasteiger partial charge in [-0.1, -0.05) is 0 Å². The van der Waals surface area contributed by atoms with E-state index in [4.69, 9.17) is 0 Å². The Morgan fingerprint density at radius 1 is 1.14 bits per heavy atom. The maximum absolute atomic E-state index is 11.7. The van der Waals surface area contributed by atoms with Gasteiger partial charge in [0.05, 0.1) is 30.6 Å². The molecule has 0 aromatic carbocycles. The van der Waals surface area contributed by atoms with E-state index in [9.17, 15) is 24.6 Å². The molecule has 0 aliphatic rings. The number of ether oxygens (including phenoxy) is 2. The minimum Gasteiger partial charge on any atom is -0.466 e. The van der Waals surface area contributed by atoms with Gasteiger partial charge < -0.3 is 19.7 Å². The van der Waals surface area contributed by atoms with Crippen LogP contribution in [0, 0.1) is 0 Å². The lowest BCUT2D eigenvalue weighted by Gasteiger charge is -2.15. The van der Waals surface area contributed by atoms with Crippen molar-refractivity contribution in [3.63, 3.8) is 0 Å². The fourth-order valence-electron chi connectivity index (χ4n) is 1.62. The lowest BCUT2D eigenvalue weighted by molar-refractivity contribution is -0.147. The minimum atomic E-state index is -1.36. The molecule has 22 heavy (non-hydrogen) atoms. The molecule has 2 N–H and O–H groups in total. The van der Waals surface area contributed by atoms with Gasteiger partial charge in [-0.15, -0.1) is 11.3 Å². The fourth-order valence-corrected chi connectivity index (χ4v) is 2.60. The molecule has 1 heterocycles. The van der Waals surface area contributed by atoms with Crippen molar-refractivity contribution >= 4 is 29.1 Å². The number of hydrogen-bond donors (Lipinski definition) is 2. The third kappa shape index (κ3) is 4.90. The van der Waals surface area contributed by atoms with Gasteiger partial charge in [0.15, 0.2) is 0 Å². The number of carbonyl (C=O) groups is 3. The van der Waals surface area contributed by atoms with Gasteiger partial charge in [-0.3, -0.25) is 9.59 Å². The number of rotatable bonds is 8. The van der Waals surface area contributed by atoms with Crippen molar-refractivity contribution in [2.45, 2.75) is 32.5 Å². The number of thiophene rings is 1. The summed E-state index contributed by atoms with van der Waals surface area (Å²) in [6, 6.07) is 2.77. The molecular weight excluding hydrogens is 312 g/mol. The van der Waals surface area contributed by atoms with Gasteiger partial charge in [-0.25, -0.2) is 4.79 Å². The molecule has 1 aromatic rings. The molecule has 1 rings (SSSR count). The molecule has 0 bridgehead atoms. The van der Waals surface area contributed by atoms with Crippen molar-refractivity contribution < 1.29 is 34.1 Å². The van der Waals surface area contributed by atoms with Gasteiger partial charge in [0.1, 0.15) is 6.10 Å². The van der Waals surface area contributed by atoms with E-state index in [0.717, 1.165) is 11.3 Å². The van der Waals surface area contributed by atoms with E-state index in [1.807, 2.05) is 0 Å². The smallest absolute Gasteiger partial charge is 0.380 e. The van der Waals surface area contributed by atoms with Crippen LogP contribution in [0.1, 0.15) is 40.9 Å². The summed E-state index contributed by atoms with van der Waals surface area (Å²) in [5, 5.41) is 19.8. The topological polar surface area (TPSA) is 110 Å². The second-order valence-corrected chi connectivity index (χ2v) is 5.39. The third-order valence-electron chi connectivity index (χ3n) is 2.65. The van der Waals surface area contributed by atoms with Crippen LogP contribution in [0.2, 0.25) is 0 Å². The highest BCUT2D eigenvalue weighted by molar-refractivity contribution is 7.14. The van der Waals surface area contributed by atoms with E-state index >= 15 is 0 Å². The standard InChI is InChI=1S/C14H18O7S/c1-3-20-11(16)7-8(15)12(17)9-5-6-10(22-9)13(18)14(19)21-4-2/h5-6,8,12,15,17H,3-4,7H2,1-2H3. The highest BCUT2D eigenvalue weighted by Crippen LogP contribution is 2.27. The highest BCUT2D eigenvalue weighted by Gasteiger charge is 2.26. The molecular formula is C14H18O7S. The molecule has 0 aliphatic carbocycles. The average molecular weight is 330 g/mol. The van der Waals surface area contributed by atoms with E-state index in [1.54, 1.807) is 13.8 Å². The van der Waals surface area contributed by atoms with Crippen LogP contribution in [0.15, 0.2) is 12.1 Å². The first-order chi connectivity index (χ1) is 10.4. The monoisotopic (exact) mass is 330 g/mol. The molecule has 2 unspecified atom stereocenters. The molecule has 0 fully saturated rings. The summed E-state index contributed by atoms with van der Waals surface area (Å²) in [5.74, 6) is -2.42. The normalized spacial score (nSPS) is 13.3. The summed E-state index contributed by atoms with van der Waals surface area (Å²) in [4.78, 5) is 34.7. The van der Waals surface area contributed by atoms with E-state index in [-0.39, 0.29) is 29.4 Å². The quantitative estimate of drug-likeness (QED) is 0.413. The van der Waals surface area contributed by atoms with E-state index in [1.165, 1.54) is 12.1 Å². The first-order valence-corrected chi connectivity index (χ1v) is 7.55. The van der Waals surface area contributed by atoms with Gasteiger partial charge in [0, 0.05) is 4.88 Å². The fraction of sp³-hybridized carbons (Fsp3) is 0.500. The lowest BCUT2D eigenvalue weighted by atomic mass is 10.1. The molecule has 7 nitrogen and oxygen atoms in total. The molecule has 122 valence electrons. The molecule has 0 amide bonds.